The molecular formula is C16H13ClN2O2. The van der Waals surface area contributed by atoms with E-state index in [0.29, 0.717) is 22.7 Å². The molecule has 0 unspecified atom stereocenters. The average Bonchev–Trinajstić information content (AvgIpc) is 2.52. The van der Waals surface area contributed by atoms with E-state index in [-0.39, 0.29) is 12.5 Å². The van der Waals surface area contributed by atoms with Crippen molar-refractivity contribution in [2.45, 2.75) is 6.54 Å². The fourth-order valence-electron chi connectivity index (χ4n) is 1.74. The summed E-state index contributed by atoms with van der Waals surface area (Å²) in [6.07, 6.45) is 3.02. The van der Waals surface area contributed by atoms with Crippen molar-refractivity contribution < 1.29 is 9.90 Å². The fraction of sp³-hybridized carbons (Fsp3) is 0.125. The summed E-state index contributed by atoms with van der Waals surface area (Å²) in [6.45, 7) is 0.0588. The molecule has 0 saturated heterocycles. The molecule has 0 atom stereocenters. The highest BCUT2D eigenvalue weighted by Gasteiger charge is 2.10. The molecule has 2 N–H and O–H groups in total. The van der Waals surface area contributed by atoms with E-state index in [1.165, 1.54) is 12.4 Å². The first-order valence-electron chi connectivity index (χ1n) is 6.27. The molecule has 0 radical (unpaired) electrons. The molecule has 0 saturated carbocycles. The summed E-state index contributed by atoms with van der Waals surface area (Å²) < 4.78 is 0. The van der Waals surface area contributed by atoms with Crippen LogP contribution in [0.4, 0.5) is 0 Å². The monoisotopic (exact) mass is 300 g/mol. The van der Waals surface area contributed by atoms with Crippen molar-refractivity contribution in [3.8, 4) is 11.8 Å². The molecule has 1 aromatic heterocycles. The van der Waals surface area contributed by atoms with Crippen molar-refractivity contribution >= 4 is 17.5 Å². The van der Waals surface area contributed by atoms with Gasteiger partial charge in [-0.25, -0.2) is 0 Å². The van der Waals surface area contributed by atoms with Gasteiger partial charge in [0.2, 0.25) is 0 Å². The van der Waals surface area contributed by atoms with Crippen LogP contribution in [0.5, 0.6) is 0 Å². The third-order valence-electron chi connectivity index (χ3n) is 2.77. The number of carbonyl (C=O) groups is 1. The lowest BCUT2D eigenvalue weighted by Gasteiger charge is -2.08. The van der Waals surface area contributed by atoms with Gasteiger partial charge in [0.15, 0.2) is 0 Å². The molecule has 4 nitrogen and oxygen atoms in total. The molecule has 1 aromatic carbocycles. The number of benzene rings is 1. The largest absolute Gasteiger partial charge is 0.384 e. The smallest absolute Gasteiger partial charge is 0.252 e. The molecule has 0 fully saturated rings. The summed E-state index contributed by atoms with van der Waals surface area (Å²) in [4.78, 5) is 16.1. The molecule has 0 bridgehead atoms. The minimum atomic E-state index is -0.268. The average molecular weight is 301 g/mol. The first-order valence-corrected chi connectivity index (χ1v) is 6.65. The van der Waals surface area contributed by atoms with Crippen LogP contribution in [-0.4, -0.2) is 22.6 Å². The summed E-state index contributed by atoms with van der Waals surface area (Å²) >= 11 is 6.04. The molecule has 0 aliphatic heterocycles. The van der Waals surface area contributed by atoms with Crippen LogP contribution in [0.25, 0.3) is 0 Å². The van der Waals surface area contributed by atoms with Gasteiger partial charge in [-0.3, -0.25) is 9.78 Å². The number of halogens is 1. The first kappa shape index (κ1) is 15.0. The number of hydrogen-bond donors (Lipinski definition) is 2. The maximum Gasteiger partial charge on any atom is 0.252 e. The van der Waals surface area contributed by atoms with Crippen molar-refractivity contribution in [2.24, 2.45) is 0 Å². The Bertz CT molecular complexity index is 705. The molecule has 0 aliphatic carbocycles. The van der Waals surface area contributed by atoms with E-state index in [9.17, 15) is 4.79 Å². The summed E-state index contributed by atoms with van der Waals surface area (Å²) in [5.41, 5.74) is 1.73. The van der Waals surface area contributed by atoms with Gasteiger partial charge in [-0.05, 0) is 17.7 Å². The van der Waals surface area contributed by atoms with E-state index in [0.717, 1.165) is 5.56 Å². The highest BCUT2D eigenvalue weighted by Crippen LogP contribution is 2.14. The number of carbonyl (C=O) groups excluding carboxylic acids is 1. The Kier molecular flexibility index (Phi) is 5.33. The quantitative estimate of drug-likeness (QED) is 0.852. The van der Waals surface area contributed by atoms with Crippen LogP contribution >= 0.6 is 11.6 Å². The maximum absolute atomic E-state index is 12.2. The molecule has 2 aromatic rings. The summed E-state index contributed by atoms with van der Waals surface area (Å²) in [7, 11) is 0. The number of nitrogens with zero attached hydrogens (tertiary/aromatic N) is 1. The molecular weight excluding hydrogens is 288 g/mol. The SMILES string of the molecule is O=C(NCc1ccccc1Cl)c1ccncc1C#CCO. The number of amides is 1. The van der Waals surface area contributed by atoms with E-state index < -0.39 is 0 Å². The number of nitrogens with one attached hydrogen (secondary N) is 1. The number of hydrogen-bond acceptors (Lipinski definition) is 3. The number of rotatable bonds is 3. The highest BCUT2D eigenvalue weighted by molar-refractivity contribution is 6.31. The third-order valence-corrected chi connectivity index (χ3v) is 3.13. The van der Waals surface area contributed by atoms with E-state index in [2.05, 4.69) is 22.1 Å². The molecule has 0 spiro atoms. The number of aromatic nitrogens is 1. The molecule has 21 heavy (non-hydrogen) atoms. The van der Waals surface area contributed by atoms with Gasteiger partial charge >= 0.3 is 0 Å². The Morgan fingerprint density at radius 3 is 2.90 bits per heavy atom. The summed E-state index contributed by atoms with van der Waals surface area (Å²) in [5.74, 6) is 4.95. The van der Waals surface area contributed by atoms with E-state index in [1.54, 1.807) is 12.1 Å². The predicted octanol–water partition coefficient (Wildman–Crippen LogP) is 2.01. The van der Waals surface area contributed by atoms with Crippen molar-refractivity contribution in [1.82, 2.24) is 10.3 Å². The fourth-order valence-corrected chi connectivity index (χ4v) is 1.94. The van der Waals surface area contributed by atoms with Crippen LogP contribution in [0.2, 0.25) is 5.02 Å². The summed E-state index contributed by atoms with van der Waals surface area (Å²) in [5, 5.41) is 12.1. The van der Waals surface area contributed by atoms with E-state index in [1.807, 2.05) is 18.2 Å². The zero-order chi connectivity index (χ0) is 15.1. The van der Waals surface area contributed by atoms with Crippen LogP contribution in [0.15, 0.2) is 42.7 Å². The van der Waals surface area contributed by atoms with Crippen LogP contribution in [0.1, 0.15) is 21.5 Å². The second-order valence-electron chi connectivity index (χ2n) is 4.16. The van der Waals surface area contributed by atoms with Crippen molar-refractivity contribution in [3.63, 3.8) is 0 Å². The van der Waals surface area contributed by atoms with Gasteiger partial charge in [-0.2, -0.15) is 0 Å². The van der Waals surface area contributed by atoms with Gasteiger partial charge < -0.3 is 10.4 Å². The Hall–Kier alpha value is -2.35. The molecule has 2 rings (SSSR count). The third kappa shape index (κ3) is 4.06. The lowest BCUT2D eigenvalue weighted by molar-refractivity contribution is 0.0950. The molecule has 5 heteroatoms. The van der Waals surface area contributed by atoms with E-state index >= 15 is 0 Å². The van der Waals surface area contributed by atoms with Gasteiger partial charge in [-0.1, -0.05) is 41.6 Å². The normalized spacial score (nSPS) is 9.62. The van der Waals surface area contributed by atoms with Gasteiger partial charge in [0.05, 0.1) is 11.1 Å². The number of aliphatic hydroxyl groups excluding tert-OH is 1. The van der Waals surface area contributed by atoms with Crippen LogP contribution < -0.4 is 5.32 Å². The minimum Gasteiger partial charge on any atom is -0.384 e. The molecule has 1 heterocycles. The Morgan fingerprint density at radius 2 is 2.14 bits per heavy atom. The predicted molar refractivity (Wildman–Crippen MR) is 80.8 cm³/mol. The number of pyridine rings is 1. The Balaban J connectivity index is 2.12. The van der Waals surface area contributed by atoms with Crippen molar-refractivity contribution in [1.29, 1.82) is 0 Å². The zero-order valence-electron chi connectivity index (χ0n) is 11.1. The Morgan fingerprint density at radius 1 is 1.33 bits per heavy atom. The van der Waals surface area contributed by atoms with Gasteiger partial charge in [0.1, 0.15) is 6.61 Å². The lowest BCUT2D eigenvalue weighted by Crippen LogP contribution is -2.23. The molecule has 0 aliphatic rings. The molecule has 1 amide bonds. The van der Waals surface area contributed by atoms with Crippen LogP contribution in [0, 0.1) is 11.8 Å². The zero-order valence-corrected chi connectivity index (χ0v) is 11.9. The topological polar surface area (TPSA) is 62.2 Å². The van der Waals surface area contributed by atoms with Crippen molar-refractivity contribution in [2.75, 3.05) is 6.61 Å². The minimum absolute atomic E-state index is 0.264. The standard InChI is InChI=1S/C16H13ClN2O2/c17-15-6-2-1-4-13(15)11-19-16(21)14-7-8-18-10-12(14)5-3-9-20/h1-2,4,6-8,10,20H,9,11H2,(H,19,21). The van der Waals surface area contributed by atoms with E-state index in [4.69, 9.17) is 16.7 Å². The highest BCUT2D eigenvalue weighted by atomic mass is 35.5. The first-order chi connectivity index (χ1) is 10.2. The second kappa shape index (κ2) is 7.44. The summed E-state index contributed by atoms with van der Waals surface area (Å²) in [6, 6.07) is 8.90. The molecule has 106 valence electrons. The maximum atomic E-state index is 12.2. The lowest BCUT2D eigenvalue weighted by atomic mass is 10.1. The number of aliphatic hydroxyl groups is 1. The van der Waals surface area contributed by atoms with Gasteiger partial charge in [0.25, 0.3) is 5.91 Å². The van der Waals surface area contributed by atoms with Gasteiger partial charge in [-0.15, -0.1) is 0 Å². The van der Waals surface area contributed by atoms with Crippen molar-refractivity contribution in [3.05, 3.63) is 64.4 Å². The Labute approximate surface area is 127 Å². The van der Waals surface area contributed by atoms with Crippen LogP contribution in [-0.2, 0) is 6.54 Å². The second-order valence-corrected chi connectivity index (χ2v) is 4.56. The van der Waals surface area contributed by atoms with Crippen LogP contribution in [0.3, 0.4) is 0 Å². The van der Waals surface area contributed by atoms with Gasteiger partial charge in [0, 0.05) is 24.0 Å².